The van der Waals surface area contributed by atoms with E-state index in [2.05, 4.69) is 15.9 Å². The van der Waals surface area contributed by atoms with E-state index in [1.165, 1.54) is 0 Å². The number of ketones is 1. The Balaban J connectivity index is 2.40. The summed E-state index contributed by atoms with van der Waals surface area (Å²) < 4.78 is 12.1. The summed E-state index contributed by atoms with van der Waals surface area (Å²) in [5, 5.41) is 0. The van der Waals surface area contributed by atoms with E-state index in [0.717, 1.165) is 4.47 Å². The zero-order valence-corrected chi connectivity index (χ0v) is 11.7. The molecule has 0 fully saturated rings. The molecule has 1 aliphatic rings. The van der Waals surface area contributed by atoms with Crippen LogP contribution in [0.5, 0.6) is 5.75 Å². The first-order chi connectivity index (χ1) is 7.96. The van der Waals surface area contributed by atoms with E-state index in [4.69, 9.17) is 9.47 Å². The lowest BCUT2D eigenvalue weighted by Crippen LogP contribution is -2.48. The van der Waals surface area contributed by atoms with Crippen LogP contribution in [0.3, 0.4) is 0 Å². The predicted octanol–water partition coefficient (Wildman–Crippen LogP) is 3.21. The molecule has 1 aromatic carbocycles. The van der Waals surface area contributed by atoms with Crippen molar-refractivity contribution in [2.24, 2.45) is 0 Å². The number of hydrogen-bond acceptors (Lipinski definition) is 3. The number of hydrogen-bond donors (Lipinski definition) is 0. The van der Waals surface area contributed by atoms with E-state index < -0.39 is 5.60 Å². The third kappa shape index (κ3) is 2.24. The van der Waals surface area contributed by atoms with Gasteiger partial charge in [0.15, 0.2) is 5.78 Å². The molecule has 0 N–H and O–H groups in total. The Kier molecular flexibility index (Phi) is 3.27. The van der Waals surface area contributed by atoms with E-state index in [9.17, 15) is 4.79 Å². The molecule has 3 nitrogen and oxygen atoms in total. The van der Waals surface area contributed by atoms with Gasteiger partial charge in [0.2, 0.25) is 0 Å². The van der Waals surface area contributed by atoms with Crippen molar-refractivity contribution >= 4 is 21.7 Å². The van der Waals surface area contributed by atoms with Crippen LogP contribution in [0.25, 0.3) is 0 Å². The molecule has 0 aliphatic carbocycles. The van der Waals surface area contributed by atoms with E-state index >= 15 is 0 Å². The number of benzene rings is 1. The molecule has 2 rings (SSSR count). The van der Waals surface area contributed by atoms with Crippen LogP contribution in [0.1, 0.15) is 30.6 Å². The lowest BCUT2D eigenvalue weighted by Gasteiger charge is -2.38. The van der Waals surface area contributed by atoms with Crippen LogP contribution in [0.15, 0.2) is 22.7 Å². The smallest absolute Gasteiger partial charge is 0.170 e. The highest BCUT2D eigenvalue weighted by Gasteiger charge is 2.41. The zero-order chi connectivity index (χ0) is 12.6. The molecule has 2 atom stereocenters. The summed E-state index contributed by atoms with van der Waals surface area (Å²) in [6.07, 6.45) is 0.203. The van der Waals surface area contributed by atoms with E-state index in [-0.39, 0.29) is 11.9 Å². The highest BCUT2D eigenvalue weighted by Crippen LogP contribution is 2.36. The molecule has 1 aromatic rings. The fourth-order valence-corrected chi connectivity index (χ4v) is 2.35. The van der Waals surface area contributed by atoms with Gasteiger partial charge in [-0.05, 0) is 32.0 Å². The lowest BCUT2D eigenvalue weighted by atomic mass is 9.87. The van der Waals surface area contributed by atoms with Crippen molar-refractivity contribution in [3.63, 3.8) is 0 Å². The molecule has 0 aromatic heterocycles. The molecule has 1 heterocycles. The Morgan fingerprint density at radius 1 is 1.53 bits per heavy atom. The van der Waals surface area contributed by atoms with E-state index in [0.29, 0.717) is 17.7 Å². The highest BCUT2D eigenvalue weighted by atomic mass is 79.9. The van der Waals surface area contributed by atoms with Crippen molar-refractivity contribution in [2.75, 3.05) is 7.11 Å². The Labute approximate surface area is 109 Å². The Morgan fingerprint density at radius 2 is 2.24 bits per heavy atom. The third-order valence-electron chi connectivity index (χ3n) is 3.31. The molecule has 0 spiro atoms. The summed E-state index contributed by atoms with van der Waals surface area (Å²) in [6, 6.07) is 5.49. The maximum absolute atomic E-state index is 12.1. The van der Waals surface area contributed by atoms with Crippen molar-refractivity contribution in [1.82, 2.24) is 0 Å². The summed E-state index contributed by atoms with van der Waals surface area (Å²) in [4.78, 5) is 12.1. The van der Waals surface area contributed by atoms with Gasteiger partial charge in [-0.2, -0.15) is 0 Å². The van der Waals surface area contributed by atoms with Gasteiger partial charge in [0.25, 0.3) is 0 Å². The monoisotopic (exact) mass is 298 g/mol. The number of rotatable bonds is 2. The molecule has 2 unspecified atom stereocenters. The zero-order valence-electron chi connectivity index (χ0n) is 10.1. The van der Waals surface area contributed by atoms with Crippen LogP contribution in [0, 0.1) is 0 Å². The molecule has 4 heteroatoms. The standard InChI is InChI=1S/C13H15BrO3/c1-8(16-3)13(2)7-11(15)10-6-9(14)4-5-12(10)17-13/h4-6,8H,7H2,1-3H3. The van der Waals surface area contributed by atoms with Gasteiger partial charge in [-0.1, -0.05) is 15.9 Å². The lowest BCUT2D eigenvalue weighted by molar-refractivity contribution is -0.0587. The number of methoxy groups -OCH3 is 1. The van der Waals surface area contributed by atoms with Crippen molar-refractivity contribution in [3.05, 3.63) is 28.2 Å². The molecule has 0 radical (unpaired) electrons. The predicted molar refractivity (Wildman–Crippen MR) is 68.6 cm³/mol. The summed E-state index contributed by atoms with van der Waals surface area (Å²) in [6.45, 7) is 3.82. The van der Waals surface area contributed by atoms with Crippen molar-refractivity contribution in [1.29, 1.82) is 0 Å². The molecule has 92 valence electrons. The number of halogens is 1. The van der Waals surface area contributed by atoms with Crippen LogP contribution >= 0.6 is 15.9 Å². The maximum Gasteiger partial charge on any atom is 0.170 e. The molecule has 1 aliphatic heterocycles. The molecule has 0 amide bonds. The summed E-state index contributed by atoms with van der Waals surface area (Å²) >= 11 is 3.36. The first-order valence-electron chi connectivity index (χ1n) is 5.51. The average molecular weight is 299 g/mol. The van der Waals surface area contributed by atoms with Crippen LogP contribution < -0.4 is 4.74 Å². The van der Waals surface area contributed by atoms with Crippen molar-refractivity contribution < 1.29 is 14.3 Å². The molecule has 17 heavy (non-hydrogen) atoms. The van der Waals surface area contributed by atoms with E-state index in [1.807, 2.05) is 26.0 Å². The quantitative estimate of drug-likeness (QED) is 0.841. The van der Waals surface area contributed by atoms with Crippen molar-refractivity contribution in [3.8, 4) is 5.75 Å². The van der Waals surface area contributed by atoms with Gasteiger partial charge in [0.1, 0.15) is 11.4 Å². The maximum atomic E-state index is 12.1. The minimum atomic E-state index is -0.591. The third-order valence-corrected chi connectivity index (χ3v) is 3.80. The van der Waals surface area contributed by atoms with Gasteiger partial charge in [-0.3, -0.25) is 4.79 Å². The fourth-order valence-electron chi connectivity index (χ4n) is 1.99. The van der Waals surface area contributed by atoms with Gasteiger partial charge in [0.05, 0.1) is 18.1 Å². The average Bonchev–Trinajstić information content (AvgIpc) is 2.29. The Hall–Kier alpha value is -0.870. The van der Waals surface area contributed by atoms with E-state index in [1.54, 1.807) is 13.2 Å². The number of carbonyl (C=O) groups is 1. The second-order valence-corrected chi connectivity index (χ2v) is 5.45. The summed E-state index contributed by atoms with van der Waals surface area (Å²) in [5.74, 6) is 0.731. The minimum absolute atomic E-state index is 0.0963. The highest BCUT2D eigenvalue weighted by molar-refractivity contribution is 9.10. The minimum Gasteiger partial charge on any atom is -0.484 e. The Morgan fingerprint density at radius 3 is 2.88 bits per heavy atom. The summed E-state index contributed by atoms with van der Waals surface area (Å²) in [7, 11) is 1.63. The second-order valence-electron chi connectivity index (χ2n) is 4.53. The first kappa shape index (κ1) is 12.6. The number of Topliss-reactive ketones (excluding diaryl/α,β-unsaturated/α-hetero) is 1. The molecular formula is C13H15BrO3. The van der Waals surface area contributed by atoms with Crippen LogP contribution in [0.2, 0.25) is 0 Å². The summed E-state index contributed by atoms with van der Waals surface area (Å²) in [5.41, 5.74) is 0.0484. The van der Waals surface area contributed by atoms with Gasteiger partial charge in [-0.25, -0.2) is 0 Å². The van der Waals surface area contributed by atoms with Gasteiger partial charge in [0, 0.05) is 11.6 Å². The normalized spacial score (nSPS) is 25.1. The topological polar surface area (TPSA) is 35.5 Å². The number of fused-ring (bicyclic) bond motifs is 1. The van der Waals surface area contributed by atoms with Crippen LogP contribution in [0.4, 0.5) is 0 Å². The number of ether oxygens (including phenoxy) is 2. The molecule has 0 saturated heterocycles. The van der Waals surface area contributed by atoms with Crippen LogP contribution in [-0.2, 0) is 4.74 Å². The SMILES string of the molecule is COC(C)C1(C)CC(=O)c2cc(Br)ccc2O1. The second kappa shape index (κ2) is 4.42. The largest absolute Gasteiger partial charge is 0.484 e. The fraction of sp³-hybridized carbons (Fsp3) is 0.462. The van der Waals surface area contributed by atoms with Gasteiger partial charge in [-0.15, -0.1) is 0 Å². The van der Waals surface area contributed by atoms with Gasteiger partial charge >= 0.3 is 0 Å². The molecular weight excluding hydrogens is 284 g/mol. The molecule has 0 bridgehead atoms. The van der Waals surface area contributed by atoms with Gasteiger partial charge < -0.3 is 9.47 Å². The first-order valence-corrected chi connectivity index (χ1v) is 6.30. The molecule has 0 saturated carbocycles. The van der Waals surface area contributed by atoms with Crippen molar-refractivity contribution in [2.45, 2.75) is 32.0 Å². The Bertz CT molecular complexity index is 458. The number of carbonyl (C=O) groups excluding carboxylic acids is 1. The van der Waals surface area contributed by atoms with Crippen LogP contribution in [-0.4, -0.2) is 24.6 Å².